The van der Waals surface area contributed by atoms with Crippen molar-refractivity contribution in [3.05, 3.63) is 53.7 Å². The van der Waals surface area contributed by atoms with Gasteiger partial charge < -0.3 is 24.8 Å². The van der Waals surface area contributed by atoms with E-state index in [2.05, 4.69) is 25.3 Å². The average Bonchev–Trinajstić information content (AvgIpc) is 2.71. The maximum Gasteiger partial charge on any atom is 0.573 e. The number of nitrogens with one attached hydrogen (secondary N) is 2. The molecule has 2 aromatic rings. The molecule has 0 saturated carbocycles. The normalized spacial score (nSPS) is 11.8. The quantitative estimate of drug-likeness (QED) is 0.345. The molecule has 0 saturated heterocycles. The number of guanidine groups is 1. The molecule has 0 fully saturated rings. The van der Waals surface area contributed by atoms with E-state index in [1.54, 1.807) is 31.5 Å². The summed E-state index contributed by atoms with van der Waals surface area (Å²) in [5, 5.41) is 6.07. The molecule has 0 aliphatic rings. The summed E-state index contributed by atoms with van der Waals surface area (Å²) >= 11 is 0. The van der Waals surface area contributed by atoms with Crippen molar-refractivity contribution in [1.82, 2.24) is 15.6 Å². The van der Waals surface area contributed by atoms with Gasteiger partial charge in [-0.15, -0.1) is 13.2 Å². The number of hydrogen-bond acceptors (Lipinski definition) is 5. The first-order chi connectivity index (χ1) is 14.4. The summed E-state index contributed by atoms with van der Waals surface area (Å²) in [5.74, 6) is 0.701. The fourth-order valence-electron chi connectivity index (χ4n) is 2.38. The number of aliphatic imine (C=N–C) groups is 1. The highest BCUT2D eigenvalue weighted by atomic mass is 19.4. The Morgan fingerprint density at radius 3 is 2.57 bits per heavy atom. The van der Waals surface area contributed by atoms with Crippen molar-refractivity contribution in [2.75, 3.05) is 26.9 Å². The predicted octanol–water partition coefficient (Wildman–Crippen LogP) is 3.26. The van der Waals surface area contributed by atoms with Gasteiger partial charge in [-0.1, -0.05) is 24.3 Å². The first kappa shape index (κ1) is 23.3. The number of benzene rings is 1. The smallest absolute Gasteiger partial charge is 0.475 e. The second kappa shape index (κ2) is 11.9. The molecule has 0 amide bonds. The van der Waals surface area contributed by atoms with Crippen molar-refractivity contribution in [2.24, 2.45) is 4.99 Å². The molecule has 164 valence electrons. The Bertz CT molecular complexity index is 799. The Hall–Kier alpha value is -3.01. The maximum absolute atomic E-state index is 12.6. The van der Waals surface area contributed by atoms with Crippen LogP contribution in [0.2, 0.25) is 0 Å². The zero-order chi connectivity index (χ0) is 21.8. The highest BCUT2D eigenvalue weighted by molar-refractivity contribution is 5.79. The second-order valence-electron chi connectivity index (χ2n) is 6.05. The lowest BCUT2D eigenvalue weighted by Gasteiger charge is -2.15. The van der Waals surface area contributed by atoms with Gasteiger partial charge in [0.25, 0.3) is 0 Å². The Kier molecular flexibility index (Phi) is 9.20. The number of ether oxygens (including phenoxy) is 3. The predicted molar refractivity (Wildman–Crippen MR) is 106 cm³/mol. The van der Waals surface area contributed by atoms with Gasteiger partial charge in [-0.3, -0.25) is 0 Å². The minimum Gasteiger partial charge on any atom is -0.475 e. The first-order valence-electron chi connectivity index (χ1n) is 9.33. The molecule has 0 unspecified atom stereocenters. The monoisotopic (exact) mass is 426 g/mol. The summed E-state index contributed by atoms with van der Waals surface area (Å²) < 4.78 is 52.1. The summed E-state index contributed by atoms with van der Waals surface area (Å²) in [7, 11) is 1.59. The van der Waals surface area contributed by atoms with Crippen LogP contribution in [0.1, 0.15) is 18.1 Å². The number of methoxy groups -OCH3 is 1. The number of halogens is 3. The molecule has 0 aliphatic heterocycles. The van der Waals surface area contributed by atoms with Gasteiger partial charge in [0.15, 0.2) is 5.96 Å². The molecule has 0 radical (unpaired) electrons. The molecule has 2 N–H and O–H groups in total. The maximum atomic E-state index is 12.6. The molecule has 0 aliphatic carbocycles. The van der Waals surface area contributed by atoms with Crippen LogP contribution in [0.5, 0.6) is 11.6 Å². The van der Waals surface area contributed by atoms with E-state index >= 15 is 0 Å². The Morgan fingerprint density at radius 1 is 1.10 bits per heavy atom. The van der Waals surface area contributed by atoms with Crippen molar-refractivity contribution in [1.29, 1.82) is 0 Å². The number of para-hydroxylation sites is 1. The summed E-state index contributed by atoms with van der Waals surface area (Å²) in [4.78, 5) is 8.64. The van der Waals surface area contributed by atoms with Crippen LogP contribution in [-0.4, -0.2) is 44.2 Å². The highest BCUT2D eigenvalue weighted by Crippen LogP contribution is 2.26. The Morgan fingerprint density at radius 2 is 1.90 bits per heavy atom. The van der Waals surface area contributed by atoms with Crippen molar-refractivity contribution >= 4 is 5.96 Å². The van der Waals surface area contributed by atoms with Crippen molar-refractivity contribution in [2.45, 2.75) is 26.4 Å². The van der Waals surface area contributed by atoms with E-state index in [1.807, 2.05) is 13.0 Å². The SMILES string of the molecule is CCNC(=NCc1ccc(OCCOC)nc1)NCc1ccccc1OC(F)(F)F. The molecular weight excluding hydrogens is 401 g/mol. The van der Waals surface area contributed by atoms with Crippen molar-refractivity contribution < 1.29 is 27.4 Å². The molecule has 2 rings (SSSR count). The minimum absolute atomic E-state index is 0.114. The molecule has 0 spiro atoms. The van der Waals surface area contributed by atoms with Crippen LogP contribution in [0.15, 0.2) is 47.6 Å². The second-order valence-corrected chi connectivity index (χ2v) is 6.05. The lowest BCUT2D eigenvalue weighted by atomic mass is 10.2. The van der Waals surface area contributed by atoms with Crippen LogP contribution in [0.3, 0.4) is 0 Å². The van der Waals surface area contributed by atoms with Crippen molar-refractivity contribution in [3.63, 3.8) is 0 Å². The molecule has 0 bridgehead atoms. The number of pyridine rings is 1. The Labute approximate surface area is 173 Å². The zero-order valence-electron chi connectivity index (χ0n) is 16.8. The van der Waals surface area contributed by atoms with Gasteiger partial charge in [-0.25, -0.2) is 9.98 Å². The van der Waals surface area contributed by atoms with Crippen LogP contribution in [0, 0.1) is 0 Å². The third-order valence-electron chi connectivity index (χ3n) is 3.74. The lowest BCUT2D eigenvalue weighted by Crippen LogP contribution is -2.37. The lowest BCUT2D eigenvalue weighted by molar-refractivity contribution is -0.274. The van der Waals surface area contributed by atoms with E-state index in [0.717, 1.165) is 5.56 Å². The fraction of sp³-hybridized carbons (Fsp3) is 0.400. The largest absolute Gasteiger partial charge is 0.573 e. The van der Waals surface area contributed by atoms with Crippen LogP contribution in [0.25, 0.3) is 0 Å². The van der Waals surface area contributed by atoms with Gasteiger partial charge in [0, 0.05) is 38.0 Å². The summed E-state index contributed by atoms with van der Waals surface area (Å²) in [5.41, 5.74) is 1.21. The molecule has 7 nitrogen and oxygen atoms in total. The molecule has 0 atom stereocenters. The van der Waals surface area contributed by atoms with E-state index in [4.69, 9.17) is 9.47 Å². The number of nitrogens with zero attached hydrogens (tertiary/aromatic N) is 2. The standard InChI is InChI=1S/C20H25F3N4O3/c1-3-24-19(26-13-15-8-9-18(25-12-15)29-11-10-28-2)27-14-16-6-4-5-7-17(16)30-20(21,22)23/h4-9,12H,3,10-11,13-14H2,1-2H3,(H2,24,26,27). The molecule has 10 heteroatoms. The van der Waals surface area contributed by atoms with Crippen molar-refractivity contribution in [3.8, 4) is 11.6 Å². The summed E-state index contributed by atoms with van der Waals surface area (Å²) in [6, 6.07) is 9.55. The van der Waals surface area contributed by atoms with Gasteiger partial charge >= 0.3 is 6.36 Å². The Balaban J connectivity index is 1.97. The number of alkyl halides is 3. The topological polar surface area (TPSA) is 77.0 Å². The van der Waals surface area contributed by atoms with E-state index in [1.165, 1.54) is 12.1 Å². The van der Waals surface area contributed by atoms with Gasteiger partial charge in [0.05, 0.1) is 13.2 Å². The molecule has 1 heterocycles. The van der Waals surface area contributed by atoms with Crippen LogP contribution >= 0.6 is 0 Å². The van der Waals surface area contributed by atoms with Gasteiger partial charge in [0.1, 0.15) is 12.4 Å². The minimum atomic E-state index is -4.75. The third kappa shape index (κ3) is 8.56. The fourth-order valence-corrected chi connectivity index (χ4v) is 2.38. The van der Waals surface area contributed by atoms with E-state index in [0.29, 0.717) is 43.7 Å². The summed E-state index contributed by atoms with van der Waals surface area (Å²) in [6.07, 6.45) is -3.09. The molecular formula is C20H25F3N4O3. The van der Waals surface area contributed by atoms with Crippen LogP contribution in [0.4, 0.5) is 13.2 Å². The zero-order valence-corrected chi connectivity index (χ0v) is 16.8. The molecule has 30 heavy (non-hydrogen) atoms. The average molecular weight is 426 g/mol. The van der Waals surface area contributed by atoms with Gasteiger partial charge in [0.2, 0.25) is 5.88 Å². The molecule has 1 aromatic heterocycles. The number of aromatic nitrogens is 1. The number of rotatable bonds is 10. The highest BCUT2D eigenvalue weighted by Gasteiger charge is 2.31. The number of hydrogen-bond donors (Lipinski definition) is 2. The molecule has 1 aromatic carbocycles. The van der Waals surface area contributed by atoms with Crippen LogP contribution < -0.4 is 20.1 Å². The van der Waals surface area contributed by atoms with E-state index < -0.39 is 6.36 Å². The third-order valence-corrected chi connectivity index (χ3v) is 3.74. The summed E-state index contributed by atoms with van der Waals surface area (Å²) in [6.45, 7) is 3.82. The van der Waals surface area contributed by atoms with Gasteiger partial charge in [-0.2, -0.15) is 0 Å². The van der Waals surface area contributed by atoms with E-state index in [9.17, 15) is 13.2 Å². The first-order valence-corrected chi connectivity index (χ1v) is 9.33. The van der Waals surface area contributed by atoms with E-state index in [-0.39, 0.29) is 12.3 Å². The van der Waals surface area contributed by atoms with Crippen LogP contribution in [-0.2, 0) is 17.8 Å². The van der Waals surface area contributed by atoms with Gasteiger partial charge in [-0.05, 0) is 18.6 Å².